The third-order valence-electron chi connectivity index (χ3n) is 3.52. The predicted octanol–water partition coefficient (Wildman–Crippen LogP) is 3.10. The zero-order valence-electron chi connectivity index (χ0n) is 10.8. The second kappa shape index (κ2) is 5.97. The van der Waals surface area contributed by atoms with Gasteiger partial charge in [0.25, 0.3) is 5.69 Å². The Bertz CT molecular complexity index is 459. The smallest absolute Gasteiger partial charge is 0.292 e. The van der Waals surface area contributed by atoms with Crippen LogP contribution in [0.5, 0.6) is 0 Å². The number of anilines is 1. The van der Waals surface area contributed by atoms with E-state index in [1.54, 1.807) is 7.11 Å². The van der Waals surface area contributed by atoms with E-state index in [1.807, 2.05) is 0 Å². The molecular formula is C13H17FN2O3. The summed E-state index contributed by atoms with van der Waals surface area (Å²) in [5, 5.41) is 14.0. The molecule has 1 fully saturated rings. The van der Waals surface area contributed by atoms with E-state index in [9.17, 15) is 14.5 Å². The van der Waals surface area contributed by atoms with Gasteiger partial charge < -0.3 is 10.1 Å². The maximum Gasteiger partial charge on any atom is 0.292 e. The van der Waals surface area contributed by atoms with Crippen molar-refractivity contribution >= 4 is 11.4 Å². The Kier molecular flexibility index (Phi) is 4.31. The zero-order chi connectivity index (χ0) is 13.8. The predicted molar refractivity (Wildman–Crippen MR) is 69.7 cm³/mol. The number of ether oxygens (including phenoxy) is 1. The number of benzene rings is 1. The molecule has 0 saturated heterocycles. The van der Waals surface area contributed by atoms with Gasteiger partial charge in [-0.05, 0) is 31.7 Å². The van der Waals surface area contributed by atoms with Gasteiger partial charge >= 0.3 is 0 Å². The largest absolute Gasteiger partial charge is 0.381 e. The third-order valence-corrected chi connectivity index (χ3v) is 3.52. The van der Waals surface area contributed by atoms with Gasteiger partial charge in [0.05, 0.1) is 11.0 Å². The van der Waals surface area contributed by atoms with Crippen LogP contribution in [-0.4, -0.2) is 24.2 Å². The lowest BCUT2D eigenvalue weighted by atomic mass is 9.93. The molecule has 19 heavy (non-hydrogen) atoms. The number of nitro groups is 1. The van der Waals surface area contributed by atoms with Gasteiger partial charge in [0.1, 0.15) is 11.5 Å². The Morgan fingerprint density at radius 2 is 2.05 bits per heavy atom. The fraction of sp³-hybridized carbons (Fsp3) is 0.538. The molecule has 0 heterocycles. The van der Waals surface area contributed by atoms with Crippen LogP contribution in [0.1, 0.15) is 25.7 Å². The molecular weight excluding hydrogens is 251 g/mol. The molecule has 0 aliphatic heterocycles. The third kappa shape index (κ3) is 3.41. The molecule has 104 valence electrons. The Morgan fingerprint density at radius 1 is 1.37 bits per heavy atom. The van der Waals surface area contributed by atoms with Crippen molar-refractivity contribution in [2.75, 3.05) is 12.4 Å². The van der Waals surface area contributed by atoms with Gasteiger partial charge in [0.2, 0.25) is 0 Å². The number of hydrogen-bond donors (Lipinski definition) is 1. The topological polar surface area (TPSA) is 64.4 Å². The second-order valence-electron chi connectivity index (χ2n) is 4.77. The first-order valence-electron chi connectivity index (χ1n) is 6.33. The van der Waals surface area contributed by atoms with E-state index in [2.05, 4.69) is 5.32 Å². The summed E-state index contributed by atoms with van der Waals surface area (Å²) in [5.74, 6) is -0.473. The molecule has 1 aliphatic carbocycles. The number of nitrogens with zero attached hydrogens (tertiary/aromatic N) is 1. The van der Waals surface area contributed by atoms with Crippen LogP contribution in [0, 0.1) is 15.9 Å². The number of methoxy groups -OCH3 is 1. The van der Waals surface area contributed by atoms with Crippen molar-refractivity contribution in [2.45, 2.75) is 37.8 Å². The van der Waals surface area contributed by atoms with Crippen molar-refractivity contribution in [3.8, 4) is 0 Å². The molecule has 1 aromatic carbocycles. The lowest BCUT2D eigenvalue weighted by Gasteiger charge is -2.28. The molecule has 0 bridgehead atoms. The van der Waals surface area contributed by atoms with Crippen molar-refractivity contribution in [2.24, 2.45) is 0 Å². The maximum absolute atomic E-state index is 13.2. The van der Waals surface area contributed by atoms with E-state index in [1.165, 1.54) is 12.1 Å². The number of nitrogens with one attached hydrogen (secondary N) is 1. The highest BCUT2D eigenvalue weighted by Gasteiger charge is 2.23. The normalized spacial score (nSPS) is 23.1. The lowest BCUT2D eigenvalue weighted by molar-refractivity contribution is -0.384. The van der Waals surface area contributed by atoms with Crippen LogP contribution in [0.2, 0.25) is 0 Å². The van der Waals surface area contributed by atoms with E-state index in [0.717, 1.165) is 31.7 Å². The average molecular weight is 268 g/mol. The molecule has 1 aliphatic rings. The summed E-state index contributed by atoms with van der Waals surface area (Å²) >= 11 is 0. The van der Waals surface area contributed by atoms with Gasteiger partial charge in [-0.25, -0.2) is 4.39 Å². The highest BCUT2D eigenvalue weighted by Crippen LogP contribution is 2.29. The molecule has 0 unspecified atom stereocenters. The second-order valence-corrected chi connectivity index (χ2v) is 4.77. The highest BCUT2D eigenvalue weighted by atomic mass is 19.1. The average Bonchev–Trinajstić information content (AvgIpc) is 2.39. The minimum Gasteiger partial charge on any atom is -0.381 e. The molecule has 5 nitrogen and oxygen atoms in total. The minimum absolute atomic E-state index is 0.0877. The number of nitro benzene ring substituents is 1. The minimum atomic E-state index is -0.497. The van der Waals surface area contributed by atoms with Crippen LogP contribution < -0.4 is 5.32 Å². The molecule has 0 amide bonds. The van der Waals surface area contributed by atoms with E-state index < -0.39 is 10.7 Å². The quantitative estimate of drug-likeness (QED) is 0.673. The SMILES string of the molecule is COC1CCC(Nc2cc(F)ccc2[N+](=O)[O-])CC1. The Balaban J connectivity index is 2.06. The fourth-order valence-electron chi connectivity index (χ4n) is 2.45. The Morgan fingerprint density at radius 3 is 2.63 bits per heavy atom. The van der Waals surface area contributed by atoms with Gasteiger partial charge in [-0.1, -0.05) is 0 Å². The summed E-state index contributed by atoms with van der Waals surface area (Å²) in [6.07, 6.45) is 3.83. The van der Waals surface area contributed by atoms with Crippen molar-refractivity contribution in [1.82, 2.24) is 0 Å². The van der Waals surface area contributed by atoms with E-state index in [-0.39, 0.29) is 23.5 Å². The highest BCUT2D eigenvalue weighted by molar-refractivity contribution is 5.61. The molecule has 1 N–H and O–H groups in total. The molecule has 0 spiro atoms. The monoisotopic (exact) mass is 268 g/mol. The molecule has 1 saturated carbocycles. The standard InChI is InChI=1S/C13H17FN2O3/c1-19-11-5-3-10(4-6-11)15-12-8-9(14)2-7-13(12)16(17)18/h2,7-8,10-11,15H,3-6H2,1H3. The molecule has 0 radical (unpaired) electrons. The summed E-state index contributed by atoms with van der Waals surface area (Å²) in [6, 6.07) is 3.61. The Hall–Kier alpha value is -1.69. The van der Waals surface area contributed by atoms with Crippen LogP contribution >= 0.6 is 0 Å². The van der Waals surface area contributed by atoms with Gasteiger partial charge in [0.15, 0.2) is 0 Å². The first-order valence-corrected chi connectivity index (χ1v) is 6.33. The van der Waals surface area contributed by atoms with Crippen LogP contribution in [-0.2, 0) is 4.74 Å². The summed E-state index contributed by atoms with van der Waals surface area (Å²) in [7, 11) is 1.69. The number of rotatable bonds is 4. The maximum atomic E-state index is 13.2. The van der Waals surface area contributed by atoms with Crippen molar-refractivity contribution in [3.05, 3.63) is 34.1 Å². The van der Waals surface area contributed by atoms with E-state index in [0.29, 0.717) is 0 Å². The summed E-state index contributed by atoms with van der Waals surface area (Å²) in [4.78, 5) is 10.4. The molecule has 0 aromatic heterocycles. The Labute approximate surface area is 110 Å². The van der Waals surface area contributed by atoms with Gasteiger partial charge in [-0.3, -0.25) is 10.1 Å². The van der Waals surface area contributed by atoms with Crippen LogP contribution in [0.4, 0.5) is 15.8 Å². The zero-order valence-corrected chi connectivity index (χ0v) is 10.8. The molecule has 6 heteroatoms. The molecule has 0 atom stereocenters. The first-order chi connectivity index (χ1) is 9.10. The molecule has 1 aromatic rings. The van der Waals surface area contributed by atoms with Gasteiger partial charge in [-0.2, -0.15) is 0 Å². The van der Waals surface area contributed by atoms with Crippen molar-refractivity contribution in [1.29, 1.82) is 0 Å². The summed E-state index contributed by atoms with van der Waals surface area (Å²) in [6.45, 7) is 0. The van der Waals surface area contributed by atoms with Crippen LogP contribution in [0.25, 0.3) is 0 Å². The summed E-state index contributed by atoms with van der Waals surface area (Å²) < 4.78 is 18.5. The summed E-state index contributed by atoms with van der Waals surface area (Å²) in [5.41, 5.74) is 0.168. The number of hydrogen-bond acceptors (Lipinski definition) is 4. The van der Waals surface area contributed by atoms with Crippen LogP contribution in [0.3, 0.4) is 0 Å². The lowest BCUT2D eigenvalue weighted by Crippen LogP contribution is -2.29. The van der Waals surface area contributed by atoms with Crippen LogP contribution in [0.15, 0.2) is 18.2 Å². The molecule has 2 rings (SSSR count). The van der Waals surface area contributed by atoms with E-state index in [4.69, 9.17) is 4.74 Å². The van der Waals surface area contributed by atoms with Gasteiger partial charge in [0, 0.05) is 25.3 Å². The fourth-order valence-corrected chi connectivity index (χ4v) is 2.45. The van der Waals surface area contributed by atoms with E-state index >= 15 is 0 Å². The first kappa shape index (κ1) is 13.7. The van der Waals surface area contributed by atoms with Crippen molar-refractivity contribution < 1.29 is 14.1 Å². The number of halogens is 1. The van der Waals surface area contributed by atoms with Crippen molar-refractivity contribution in [3.63, 3.8) is 0 Å². The van der Waals surface area contributed by atoms with Gasteiger partial charge in [-0.15, -0.1) is 0 Å².